The van der Waals surface area contributed by atoms with Crippen LogP contribution in [0.2, 0.25) is 0 Å². The first kappa shape index (κ1) is 15.7. The monoisotopic (exact) mass is 130 g/mol. The Morgan fingerprint density at radius 2 is 1.00 bits per heavy atom. The summed E-state index contributed by atoms with van der Waals surface area (Å²) in [6, 6.07) is 0. The molecule has 0 aromatic heterocycles. The Morgan fingerprint density at radius 1 is 1.00 bits per heavy atom. The molecule has 0 rings (SSSR count). The van der Waals surface area contributed by atoms with Crippen LogP contribution in [0.3, 0.4) is 0 Å². The quantitative estimate of drug-likeness (QED) is 0.305. The Bertz CT molecular complexity index is 92.9. The van der Waals surface area contributed by atoms with Crippen molar-refractivity contribution >= 4 is 0 Å². The molecule has 0 bridgehead atoms. The van der Waals surface area contributed by atoms with Gasteiger partial charge in [0.15, 0.2) is 0 Å². The summed E-state index contributed by atoms with van der Waals surface area (Å²) in [6.07, 6.45) is 0. The van der Waals surface area contributed by atoms with Crippen molar-refractivity contribution in [3.8, 4) is 0 Å². The van der Waals surface area contributed by atoms with Crippen molar-refractivity contribution in [3.63, 3.8) is 0 Å². The van der Waals surface area contributed by atoms with Crippen LogP contribution in [0.25, 0.3) is 0 Å². The van der Waals surface area contributed by atoms with Crippen molar-refractivity contribution in [3.05, 3.63) is 0 Å². The summed E-state index contributed by atoms with van der Waals surface area (Å²) < 4.78 is 34.4. The van der Waals surface area contributed by atoms with Gasteiger partial charge in [-0.2, -0.15) is 0 Å². The van der Waals surface area contributed by atoms with Gasteiger partial charge in [0, 0.05) is 0 Å². The predicted molar refractivity (Wildman–Crippen MR) is 1.37 cm³/mol. The zero-order chi connectivity index (χ0) is 4.50. The van der Waals surface area contributed by atoms with E-state index in [1.807, 2.05) is 0 Å². The van der Waals surface area contributed by atoms with Crippen LogP contribution in [0.15, 0.2) is 0 Å². The van der Waals surface area contributed by atoms with Crippen molar-refractivity contribution in [2.24, 2.45) is 0 Å². The fraction of sp³-hybridized carbons (Fsp3) is 0. The minimum absolute atomic E-state index is 0. The summed E-state index contributed by atoms with van der Waals surface area (Å²) in [4.78, 5) is 0. The molecule has 0 atom stereocenters. The molecule has 0 aromatic carbocycles. The van der Waals surface area contributed by atoms with Gasteiger partial charge in [0.1, 0.15) is 0 Å². The number of rotatable bonds is 0. The Balaban J connectivity index is -0.0000000800. The Labute approximate surface area is 67.0 Å². The molecule has 32 valence electrons. The third kappa shape index (κ3) is 128. The van der Waals surface area contributed by atoms with Crippen molar-refractivity contribution < 1.29 is 67.3 Å². The molecule has 0 aliphatic carbocycles. The van der Waals surface area contributed by atoms with Crippen molar-refractivity contribution in [2.75, 3.05) is 0 Å². The normalized spacial score (nSPS) is 8.29. The van der Waals surface area contributed by atoms with Crippen molar-refractivity contribution in [1.82, 2.24) is 0 Å². The summed E-state index contributed by atoms with van der Waals surface area (Å²) in [5, 5.41) is 0. The molecular weight excluding hydrogens is 130 g/mol. The minimum atomic E-state index is -5.75. The van der Waals surface area contributed by atoms with Gasteiger partial charge in [-0.15, -0.1) is 0 Å². The fourth-order valence-corrected chi connectivity index (χ4v) is 0. The van der Waals surface area contributed by atoms with Gasteiger partial charge in [0.25, 0.3) is 0 Å². The van der Waals surface area contributed by atoms with Crippen LogP contribution in [0, 0.1) is 0 Å². The molecule has 0 amide bonds. The van der Waals surface area contributed by atoms with Crippen LogP contribution in [0.4, 0.5) is 0 Å². The van der Waals surface area contributed by atoms with Gasteiger partial charge in [0.2, 0.25) is 0 Å². The van der Waals surface area contributed by atoms with Crippen LogP contribution >= 0.6 is 0 Å². The van der Waals surface area contributed by atoms with E-state index in [-0.39, 0.29) is 37.7 Å². The van der Waals surface area contributed by atoms with E-state index in [1.54, 1.807) is 0 Å². The Hall–Kier alpha value is 1.25. The molecular formula is CrLi2O4. The van der Waals surface area contributed by atoms with E-state index in [9.17, 15) is 0 Å². The molecule has 0 spiro atoms. The number of hydrogen-bond donors (Lipinski definition) is 0. The SMILES string of the molecule is [Li+].[Li+].[O]=[Cr](=[O])([O-])[O-]. The second-order valence-electron chi connectivity index (χ2n) is 0.408. The zero-order valence-corrected chi connectivity index (χ0v) is 5.32. The van der Waals surface area contributed by atoms with Gasteiger partial charge in [-0.25, -0.2) is 0 Å². The van der Waals surface area contributed by atoms with Crippen LogP contribution in [-0.4, -0.2) is 0 Å². The molecule has 7 heteroatoms. The fourth-order valence-electron chi connectivity index (χ4n) is 0. The molecule has 0 saturated carbocycles. The molecule has 0 aliphatic rings. The maximum absolute atomic E-state index is 8.59. The van der Waals surface area contributed by atoms with Gasteiger partial charge >= 0.3 is 67.3 Å². The third-order valence-corrected chi connectivity index (χ3v) is 0. The summed E-state index contributed by atoms with van der Waals surface area (Å²) in [5.74, 6) is 0. The van der Waals surface area contributed by atoms with E-state index in [1.165, 1.54) is 0 Å². The summed E-state index contributed by atoms with van der Waals surface area (Å²) in [5.41, 5.74) is 0. The maximum atomic E-state index is 8.59. The van der Waals surface area contributed by atoms with Crippen LogP contribution in [0.5, 0.6) is 0 Å². The Morgan fingerprint density at radius 3 is 1.00 bits per heavy atom. The summed E-state index contributed by atoms with van der Waals surface area (Å²) in [7, 11) is 0. The predicted octanol–water partition coefficient (Wildman–Crippen LogP) is -8.61. The molecule has 0 radical (unpaired) electrons. The molecule has 0 aliphatic heterocycles. The van der Waals surface area contributed by atoms with Gasteiger partial charge in [-0.1, -0.05) is 0 Å². The molecule has 4 nitrogen and oxygen atoms in total. The average molecular weight is 130 g/mol. The summed E-state index contributed by atoms with van der Waals surface area (Å²) >= 11 is -5.75. The first-order chi connectivity index (χ1) is 2.00. The molecule has 0 heterocycles. The van der Waals surface area contributed by atoms with Gasteiger partial charge in [-0.3, -0.25) is 0 Å². The van der Waals surface area contributed by atoms with Crippen molar-refractivity contribution in [2.45, 2.75) is 0 Å². The van der Waals surface area contributed by atoms with Gasteiger partial charge < -0.3 is 0 Å². The zero-order valence-electron chi connectivity index (χ0n) is 4.04. The van der Waals surface area contributed by atoms with Gasteiger partial charge in [0.05, 0.1) is 0 Å². The topological polar surface area (TPSA) is 80.3 Å². The molecule has 0 fully saturated rings. The van der Waals surface area contributed by atoms with E-state index in [0.717, 1.165) is 0 Å². The van der Waals surface area contributed by atoms with Crippen LogP contribution < -0.4 is 46.0 Å². The van der Waals surface area contributed by atoms with Crippen molar-refractivity contribution in [1.29, 1.82) is 0 Å². The molecule has 0 saturated heterocycles. The van der Waals surface area contributed by atoms with E-state index in [2.05, 4.69) is 0 Å². The first-order valence-corrected chi connectivity index (χ1v) is 2.75. The molecule has 0 unspecified atom stereocenters. The molecule has 0 aromatic rings. The summed E-state index contributed by atoms with van der Waals surface area (Å²) in [6.45, 7) is 0. The van der Waals surface area contributed by atoms with E-state index in [0.29, 0.717) is 0 Å². The molecule has 0 N–H and O–H groups in total. The van der Waals surface area contributed by atoms with E-state index in [4.69, 9.17) is 15.9 Å². The second-order valence-corrected chi connectivity index (χ2v) is 1.68. The standard InChI is InChI=1S/Cr.2Li.4O/q;2*+1;;;2*-1. The molecule has 7 heavy (non-hydrogen) atoms. The van der Waals surface area contributed by atoms with Crippen LogP contribution in [-0.2, 0) is 21.2 Å². The first-order valence-electron chi connectivity index (χ1n) is 0.667. The number of hydrogen-bond acceptors (Lipinski definition) is 4. The van der Waals surface area contributed by atoms with Gasteiger partial charge in [-0.05, 0) is 0 Å². The van der Waals surface area contributed by atoms with E-state index >= 15 is 0 Å². The second kappa shape index (κ2) is 5.39. The third-order valence-electron chi connectivity index (χ3n) is 0. The average Bonchev–Trinajstić information content (AvgIpc) is 0.722. The Kier molecular flexibility index (Phi) is 12.1. The van der Waals surface area contributed by atoms with Crippen LogP contribution in [0.1, 0.15) is 0 Å². The van der Waals surface area contributed by atoms with E-state index < -0.39 is 13.6 Å².